The van der Waals surface area contributed by atoms with Crippen molar-refractivity contribution in [3.05, 3.63) is 58.1 Å². The summed E-state index contributed by atoms with van der Waals surface area (Å²) in [5.74, 6) is -1.73. The average molecular weight is 415 g/mol. The normalized spacial score (nSPS) is 16.1. The summed E-state index contributed by atoms with van der Waals surface area (Å²) in [5, 5.41) is 3.21. The van der Waals surface area contributed by atoms with Gasteiger partial charge in [-0.05, 0) is 50.1 Å². The number of rotatable bonds is 5. The summed E-state index contributed by atoms with van der Waals surface area (Å²) in [4.78, 5) is 38.5. The smallest absolute Gasteiger partial charge is 0.311 e. The molecule has 29 heavy (non-hydrogen) atoms. The van der Waals surface area contributed by atoms with Crippen LogP contribution in [0.4, 0.5) is 11.4 Å². The number of hydrogen-bond acceptors (Lipinski definition) is 4. The van der Waals surface area contributed by atoms with E-state index in [0.717, 1.165) is 22.4 Å². The molecule has 1 aliphatic heterocycles. The van der Waals surface area contributed by atoms with E-state index in [1.54, 1.807) is 30.0 Å². The van der Waals surface area contributed by atoms with Crippen LogP contribution in [0.2, 0.25) is 5.02 Å². The maximum absolute atomic E-state index is 12.4. The van der Waals surface area contributed by atoms with E-state index in [1.165, 1.54) is 0 Å². The lowest BCUT2D eigenvalue weighted by molar-refractivity contribution is -0.151. The van der Waals surface area contributed by atoms with E-state index in [2.05, 4.69) is 5.32 Å². The fraction of sp³-hybridized carbons (Fsp3) is 0.318. The Morgan fingerprint density at radius 2 is 1.97 bits per heavy atom. The highest BCUT2D eigenvalue weighted by atomic mass is 35.5. The fourth-order valence-corrected chi connectivity index (χ4v) is 3.56. The molecule has 0 spiro atoms. The van der Waals surface area contributed by atoms with Crippen LogP contribution in [0.3, 0.4) is 0 Å². The largest absolute Gasteiger partial charge is 0.455 e. The van der Waals surface area contributed by atoms with Crippen molar-refractivity contribution < 1.29 is 19.1 Å². The van der Waals surface area contributed by atoms with Gasteiger partial charge >= 0.3 is 5.97 Å². The van der Waals surface area contributed by atoms with Gasteiger partial charge in [-0.15, -0.1) is 0 Å². The number of carbonyl (C=O) groups excluding carboxylic acids is 3. The zero-order valence-corrected chi connectivity index (χ0v) is 17.4. The van der Waals surface area contributed by atoms with E-state index in [0.29, 0.717) is 10.7 Å². The molecule has 3 rings (SSSR count). The number of benzene rings is 2. The quantitative estimate of drug-likeness (QED) is 0.755. The first-order valence-electron chi connectivity index (χ1n) is 9.35. The second-order valence-electron chi connectivity index (χ2n) is 7.26. The molecule has 152 valence electrons. The van der Waals surface area contributed by atoms with Gasteiger partial charge < -0.3 is 15.0 Å². The van der Waals surface area contributed by atoms with Crippen molar-refractivity contribution in [2.24, 2.45) is 5.92 Å². The predicted molar refractivity (Wildman–Crippen MR) is 112 cm³/mol. The summed E-state index contributed by atoms with van der Waals surface area (Å²) >= 11 is 6.04. The number of carbonyl (C=O) groups is 3. The molecule has 1 fully saturated rings. The lowest BCUT2D eigenvalue weighted by Gasteiger charge is -2.19. The molecule has 0 radical (unpaired) electrons. The third-order valence-corrected chi connectivity index (χ3v) is 5.40. The molecule has 0 unspecified atom stereocenters. The minimum atomic E-state index is -0.594. The Labute approximate surface area is 174 Å². The van der Waals surface area contributed by atoms with Crippen LogP contribution in [0.1, 0.15) is 23.1 Å². The molecule has 2 aromatic rings. The second-order valence-corrected chi connectivity index (χ2v) is 7.67. The third-order valence-electron chi connectivity index (χ3n) is 4.99. The van der Waals surface area contributed by atoms with Crippen molar-refractivity contribution in [1.29, 1.82) is 0 Å². The van der Waals surface area contributed by atoms with Crippen LogP contribution in [0.15, 0.2) is 36.4 Å². The summed E-state index contributed by atoms with van der Waals surface area (Å²) in [5.41, 5.74) is 4.18. The monoisotopic (exact) mass is 414 g/mol. The number of amides is 2. The standard InChI is InChI=1S/C22H23ClN2O4/c1-13-7-8-19(14(2)9-13)25-11-16(10-21(25)27)22(28)29-12-20(26)24-18-6-4-5-17(23)15(18)3/h4-9,16H,10-12H2,1-3H3,(H,24,26)/t16-/m0/s1. The minimum absolute atomic E-state index is 0.0706. The van der Waals surface area contributed by atoms with Crippen LogP contribution in [0.25, 0.3) is 0 Å². The zero-order valence-electron chi connectivity index (χ0n) is 16.6. The van der Waals surface area contributed by atoms with Crippen molar-refractivity contribution in [1.82, 2.24) is 0 Å². The topological polar surface area (TPSA) is 75.7 Å². The van der Waals surface area contributed by atoms with Gasteiger partial charge in [-0.25, -0.2) is 0 Å². The summed E-state index contributed by atoms with van der Waals surface area (Å²) in [6.07, 6.45) is 0.0706. The zero-order chi connectivity index (χ0) is 21.1. The molecule has 2 amide bonds. The number of esters is 1. The SMILES string of the molecule is Cc1ccc(N2C[C@@H](C(=O)OCC(=O)Nc3cccc(Cl)c3C)CC2=O)c(C)c1. The van der Waals surface area contributed by atoms with Crippen molar-refractivity contribution in [2.75, 3.05) is 23.4 Å². The number of halogens is 1. The Kier molecular flexibility index (Phi) is 6.23. The first-order chi connectivity index (χ1) is 13.8. The van der Waals surface area contributed by atoms with Crippen molar-refractivity contribution in [3.63, 3.8) is 0 Å². The van der Waals surface area contributed by atoms with Crippen LogP contribution in [-0.4, -0.2) is 30.9 Å². The Hall–Kier alpha value is -2.86. The molecule has 1 saturated heterocycles. The summed E-state index contributed by atoms with van der Waals surface area (Å²) in [6.45, 7) is 5.54. The van der Waals surface area contributed by atoms with Crippen LogP contribution in [-0.2, 0) is 19.1 Å². The lowest BCUT2D eigenvalue weighted by atomic mass is 10.1. The minimum Gasteiger partial charge on any atom is -0.455 e. The molecular weight excluding hydrogens is 392 g/mol. The molecule has 1 aliphatic rings. The molecule has 0 saturated carbocycles. The Balaban J connectivity index is 1.56. The predicted octanol–water partition coefficient (Wildman–Crippen LogP) is 3.80. The second kappa shape index (κ2) is 8.66. The average Bonchev–Trinajstić information content (AvgIpc) is 3.05. The number of nitrogens with zero attached hydrogens (tertiary/aromatic N) is 1. The van der Waals surface area contributed by atoms with Gasteiger partial charge in [0.1, 0.15) is 0 Å². The Bertz CT molecular complexity index is 973. The highest BCUT2D eigenvalue weighted by Crippen LogP contribution is 2.29. The number of hydrogen-bond donors (Lipinski definition) is 1. The van der Waals surface area contributed by atoms with Crippen molar-refractivity contribution in [2.45, 2.75) is 27.2 Å². The van der Waals surface area contributed by atoms with E-state index in [-0.39, 0.29) is 18.9 Å². The highest BCUT2D eigenvalue weighted by molar-refractivity contribution is 6.31. The van der Waals surface area contributed by atoms with Gasteiger partial charge in [-0.3, -0.25) is 14.4 Å². The summed E-state index contributed by atoms with van der Waals surface area (Å²) < 4.78 is 5.15. The molecule has 6 nitrogen and oxygen atoms in total. The van der Waals surface area contributed by atoms with Gasteiger partial charge in [0, 0.05) is 29.4 Å². The molecule has 1 atom stereocenters. The lowest BCUT2D eigenvalue weighted by Crippen LogP contribution is -2.28. The van der Waals surface area contributed by atoms with Gasteiger partial charge in [-0.2, -0.15) is 0 Å². The summed E-state index contributed by atoms with van der Waals surface area (Å²) in [7, 11) is 0. The molecule has 0 bridgehead atoms. The van der Waals surface area contributed by atoms with Crippen molar-refractivity contribution >= 4 is 40.8 Å². The number of nitrogens with one attached hydrogen (secondary N) is 1. The van der Waals surface area contributed by atoms with Gasteiger partial charge in [0.05, 0.1) is 5.92 Å². The first-order valence-corrected chi connectivity index (χ1v) is 9.73. The van der Waals surface area contributed by atoms with Crippen LogP contribution in [0.5, 0.6) is 0 Å². The fourth-order valence-electron chi connectivity index (χ4n) is 3.39. The maximum atomic E-state index is 12.4. The Morgan fingerprint density at radius 3 is 2.69 bits per heavy atom. The molecule has 7 heteroatoms. The molecule has 0 aromatic heterocycles. The van der Waals surface area contributed by atoms with Crippen LogP contribution < -0.4 is 10.2 Å². The molecular formula is C22H23ClN2O4. The molecule has 1 heterocycles. The van der Waals surface area contributed by atoms with E-state index < -0.39 is 24.4 Å². The van der Waals surface area contributed by atoms with E-state index in [1.807, 2.05) is 32.0 Å². The van der Waals surface area contributed by atoms with Crippen molar-refractivity contribution in [3.8, 4) is 0 Å². The van der Waals surface area contributed by atoms with E-state index in [9.17, 15) is 14.4 Å². The number of anilines is 2. The van der Waals surface area contributed by atoms with Crippen LogP contribution in [0, 0.1) is 26.7 Å². The molecule has 1 N–H and O–H groups in total. The first kappa shape index (κ1) is 20.9. The third kappa shape index (κ3) is 4.77. The van der Waals surface area contributed by atoms with E-state index >= 15 is 0 Å². The number of ether oxygens (including phenoxy) is 1. The molecule has 2 aromatic carbocycles. The Morgan fingerprint density at radius 1 is 1.21 bits per heavy atom. The van der Waals surface area contributed by atoms with Crippen LogP contribution >= 0.6 is 11.6 Å². The maximum Gasteiger partial charge on any atom is 0.311 e. The van der Waals surface area contributed by atoms with Gasteiger partial charge in [0.15, 0.2) is 6.61 Å². The molecule has 0 aliphatic carbocycles. The van der Waals surface area contributed by atoms with E-state index in [4.69, 9.17) is 16.3 Å². The summed E-state index contributed by atoms with van der Waals surface area (Å²) in [6, 6.07) is 11.0. The number of aryl methyl sites for hydroxylation is 2. The highest BCUT2D eigenvalue weighted by Gasteiger charge is 2.36. The van der Waals surface area contributed by atoms with Gasteiger partial charge in [0.2, 0.25) is 5.91 Å². The van der Waals surface area contributed by atoms with Gasteiger partial charge in [-0.1, -0.05) is 35.4 Å². The van der Waals surface area contributed by atoms with Gasteiger partial charge in [0.25, 0.3) is 5.91 Å².